The Morgan fingerprint density at radius 2 is 2.60 bits per heavy atom. The van der Waals surface area contributed by atoms with Crippen LogP contribution in [0.3, 0.4) is 0 Å². The molecule has 0 bridgehead atoms. The van der Waals surface area contributed by atoms with Crippen molar-refractivity contribution in [2.75, 3.05) is 18.6 Å². The normalized spacial score (nSPS) is 11.1. The van der Waals surface area contributed by atoms with Gasteiger partial charge in [0.15, 0.2) is 0 Å². The van der Waals surface area contributed by atoms with E-state index in [1.165, 1.54) is 0 Å². The number of thioether (sulfide) groups is 1. The summed E-state index contributed by atoms with van der Waals surface area (Å²) in [5.74, 6) is 6.13. The highest BCUT2D eigenvalue weighted by Crippen LogP contribution is 1.91. The molecule has 0 atom stereocenters. The molecule has 0 saturated carbocycles. The summed E-state index contributed by atoms with van der Waals surface area (Å²) in [6, 6.07) is 0. The van der Waals surface area contributed by atoms with Crippen LogP contribution in [0.4, 0.5) is 0 Å². The van der Waals surface area contributed by atoms with E-state index in [-0.39, 0.29) is 0 Å². The van der Waals surface area contributed by atoms with Crippen LogP contribution in [0.5, 0.6) is 0 Å². The minimum absolute atomic E-state index is 0.596. The van der Waals surface area contributed by atoms with Crippen molar-refractivity contribution >= 4 is 18.1 Å². The van der Waals surface area contributed by atoms with Crippen LogP contribution in [0.15, 0.2) is 5.16 Å². The Morgan fingerprint density at radius 1 is 1.90 bits per heavy atom. The molecule has 0 aliphatic rings. The number of rotatable bonds is 5. The maximum Gasteiger partial charge on any atom is 0.0603 e. The van der Waals surface area contributed by atoms with Crippen LogP contribution in [0.2, 0.25) is 0 Å². The van der Waals surface area contributed by atoms with Gasteiger partial charge in [-0.1, -0.05) is 11.5 Å². The van der Waals surface area contributed by atoms with Crippen molar-refractivity contribution in [1.29, 1.82) is 0 Å². The smallest absolute Gasteiger partial charge is 0.0603 e. The summed E-state index contributed by atoms with van der Waals surface area (Å²) in [6.07, 6.45) is 2.76. The fourth-order valence-electron chi connectivity index (χ4n) is 0.306. The second kappa shape index (κ2) is 6.66. The van der Waals surface area contributed by atoms with E-state index in [9.17, 15) is 0 Å². The zero-order chi connectivity index (χ0) is 7.82. The Labute approximate surface area is 64.3 Å². The molecule has 0 rings (SSSR count). The summed E-state index contributed by atoms with van der Waals surface area (Å²) in [6.45, 7) is 0.596. The van der Waals surface area contributed by atoms with Gasteiger partial charge in [0.2, 0.25) is 0 Å². The summed E-state index contributed by atoms with van der Waals surface area (Å²) in [5, 5.41) is 4.24. The Bertz CT molecular complexity index is 99.3. The molecule has 0 aromatic heterocycles. The minimum atomic E-state index is 0.596. The summed E-state index contributed by atoms with van der Waals surface area (Å²) >= 11 is 1.66. The SMILES string of the molecule is CSCCN(N)O/N=C/[NH-]. The molecule has 10 heavy (non-hydrogen) atoms. The molecular weight excluding hydrogens is 152 g/mol. The molecule has 0 unspecified atom stereocenters. The van der Waals surface area contributed by atoms with E-state index in [1.807, 2.05) is 6.26 Å². The van der Waals surface area contributed by atoms with Gasteiger partial charge in [-0.25, -0.2) is 5.84 Å². The molecule has 0 saturated heterocycles. The van der Waals surface area contributed by atoms with Gasteiger partial charge in [-0.3, -0.25) is 5.16 Å². The zero-order valence-corrected chi connectivity index (χ0v) is 6.60. The Morgan fingerprint density at radius 3 is 3.10 bits per heavy atom. The number of hydroxylamine groups is 1. The van der Waals surface area contributed by atoms with Crippen LogP contribution in [0, 0.1) is 0 Å². The Balaban J connectivity index is 3.16. The van der Waals surface area contributed by atoms with Crippen LogP contribution < -0.4 is 5.84 Å². The van der Waals surface area contributed by atoms with Crippen LogP contribution in [-0.4, -0.2) is 30.1 Å². The number of nitrogens with two attached hydrogens (primary N) is 1. The highest BCUT2D eigenvalue weighted by Gasteiger charge is 1.91. The number of hydrogen-bond donors (Lipinski definition) is 1. The molecule has 0 spiro atoms. The summed E-state index contributed by atoms with van der Waals surface area (Å²) < 4.78 is 0. The van der Waals surface area contributed by atoms with Crippen molar-refractivity contribution in [2.45, 2.75) is 0 Å². The van der Waals surface area contributed by atoms with Crippen LogP contribution in [0.1, 0.15) is 0 Å². The Kier molecular flexibility index (Phi) is 6.35. The molecular formula is C4H11N4OS-. The first-order valence-corrected chi connectivity index (χ1v) is 4.08. The molecule has 0 aromatic rings. The molecule has 6 heteroatoms. The maximum atomic E-state index is 6.47. The molecule has 0 aliphatic heterocycles. The first kappa shape index (κ1) is 9.54. The lowest BCUT2D eigenvalue weighted by molar-refractivity contribution is -0.157. The van der Waals surface area contributed by atoms with Crippen molar-refractivity contribution in [2.24, 2.45) is 11.0 Å². The lowest BCUT2D eigenvalue weighted by Crippen LogP contribution is -2.31. The van der Waals surface area contributed by atoms with E-state index >= 15 is 0 Å². The molecule has 0 aliphatic carbocycles. The molecule has 60 valence electrons. The lowest BCUT2D eigenvalue weighted by Gasteiger charge is -2.15. The number of oxime groups is 1. The van der Waals surface area contributed by atoms with Gasteiger partial charge in [0.25, 0.3) is 0 Å². The third kappa shape index (κ3) is 5.67. The lowest BCUT2D eigenvalue weighted by atomic mass is 10.8. The molecule has 5 nitrogen and oxygen atoms in total. The summed E-state index contributed by atoms with van der Waals surface area (Å²) in [5.41, 5.74) is 6.47. The van der Waals surface area contributed by atoms with Gasteiger partial charge in [0.1, 0.15) is 0 Å². The maximum absolute atomic E-state index is 6.47. The Hall–Kier alpha value is -0.460. The predicted molar refractivity (Wildman–Crippen MR) is 43.2 cm³/mol. The van der Waals surface area contributed by atoms with Crippen molar-refractivity contribution < 1.29 is 4.94 Å². The van der Waals surface area contributed by atoms with Crippen molar-refractivity contribution in [3.8, 4) is 0 Å². The first-order valence-electron chi connectivity index (χ1n) is 2.68. The number of hydrazine groups is 1. The van der Waals surface area contributed by atoms with Crippen molar-refractivity contribution in [3.63, 3.8) is 0 Å². The molecule has 3 N–H and O–H groups in total. The second-order valence-electron chi connectivity index (χ2n) is 1.45. The third-order valence-electron chi connectivity index (χ3n) is 0.721. The zero-order valence-electron chi connectivity index (χ0n) is 5.78. The molecule has 0 fully saturated rings. The highest BCUT2D eigenvalue weighted by atomic mass is 32.2. The van der Waals surface area contributed by atoms with E-state index in [0.717, 1.165) is 17.3 Å². The largest absolute Gasteiger partial charge is 0.486 e. The van der Waals surface area contributed by atoms with Gasteiger partial charge in [-0.2, -0.15) is 11.8 Å². The number of nitrogens with zero attached hydrogens (tertiary/aromatic N) is 2. The van der Waals surface area contributed by atoms with Gasteiger partial charge in [-0.05, 0) is 6.26 Å². The number of hydrogen-bond acceptors (Lipinski definition) is 5. The molecule has 0 aromatic carbocycles. The standard InChI is InChI=1S/C4H11N4OS/c1-10-3-2-8(6)9-7-4-5/h4H,2-3,6H2,1H3,(H-,5,7)/q-1. The van der Waals surface area contributed by atoms with Crippen molar-refractivity contribution in [3.05, 3.63) is 5.73 Å². The van der Waals surface area contributed by atoms with Gasteiger partial charge >= 0.3 is 0 Å². The molecule has 0 radical (unpaired) electrons. The van der Waals surface area contributed by atoms with Gasteiger partial charge < -0.3 is 10.7 Å². The van der Waals surface area contributed by atoms with Crippen LogP contribution in [-0.2, 0) is 4.94 Å². The van der Waals surface area contributed by atoms with E-state index < -0.39 is 0 Å². The highest BCUT2D eigenvalue weighted by molar-refractivity contribution is 7.98. The van der Waals surface area contributed by atoms with E-state index in [4.69, 9.17) is 11.6 Å². The quantitative estimate of drug-likeness (QED) is 0.276. The molecule has 0 heterocycles. The third-order valence-corrected chi connectivity index (χ3v) is 1.31. The van der Waals surface area contributed by atoms with E-state index in [1.54, 1.807) is 11.8 Å². The summed E-state index contributed by atoms with van der Waals surface area (Å²) in [7, 11) is 0. The van der Waals surface area contributed by atoms with Crippen LogP contribution >= 0.6 is 11.8 Å². The minimum Gasteiger partial charge on any atom is -0.486 e. The molecule has 0 amide bonds. The van der Waals surface area contributed by atoms with E-state index in [2.05, 4.69) is 10.1 Å². The van der Waals surface area contributed by atoms with Gasteiger partial charge in [0, 0.05) is 5.75 Å². The van der Waals surface area contributed by atoms with E-state index in [0.29, 0.717) is 6.54 Å². The number of nitrogens with one attached hydrogen (secondary N) is 1. The average molecular weight is 163 g/mol. The monoisotopic (exact) mass is 163 g/mol. The van der Waals surface area contributed by atoms with Gasteiger partial charge in [0.05, 0.1) is 6.54 Å². The second-order valence-corrected chi connectivity index (χ2v) is 2.44. The predicted octanol–water partition coefficient (Wildman–Crippen LogP) is 0.452. The average Bonchev–Trinajstić information content (AvgIpc) is 1.97. The fraction of sp³-hybridized carbons (Fsp3) is 0.750. The fourth-order valence-corrected chi connectivity index (χ4v) is 0.669. The van der Waals surface area contributed by atoms with Crippen molar-refractivity contribution in [1.82, 2.24) is 5.17 Å². The first-order chi connectivity index (χ1) is 4.81. The van der Waals surface area contributed by atoms with Crippen LogP contribution in [0.25, 0.3) is 5.73 Å². The van der Waals surface area contributed by atoms with Gasteiger partial charge in [-0.15, -0.1) is 0 Å². The topological polar surface area (TPSA) is 74.6 Å². The summed E-state index contributed by atoms with van der Waals surface area (Å²) in [4.78, 5) is 4.47.